The molecule has 1 aromatic heterocycles. The quantitative estimate of drug-likeness (QED) is 0.191. The Labute approximate surface area is 237 Å². The van der Waals surface area contributed by atoms with Crippen LogP contribution in [-0.4, -0.2) is 56.8 Å². The topological polar surface area (TPSA) is 106 Å². The van der Waals surface area contributed by atoms with E-state index in [2.05, 4.69) is 31.7 Å². The smallest absolute Gasteiger partial charge is 0.297 e. The normalized spacial score (nSPS) is 15.9. The molecule has 0 spiro atoms. The average molecular weight is 623 g/mol. The number of hydroxylamine groups is 1. The summed E-state index contributed by atoms with van der Waals surface area (Å²) >= 11 is 2.53. The van der Waals surface area contributed by atoms with Gasteiger partial charge in [-0.2, -0.15) is 0 Å². The second-order valence-electron chi connectivity index (χ2n) is 10.2. The van der Waals surface area contributed by atoms with Crippen molar-refractivity contribution in [2.45, 2.75) is 39.2 Å². The highest BCUT2D eigenvalue weighted by Gasteiger charge is 2.26. The number of fused-ring (bicyclic) bond motifs is 1. The first kappa shape index (κ1) is 27.6. The molecule has 1 saturated carbocycles. The summed E-state index contributed by atoms with van der Waals surface area (Å²) in [7, 11) is 0. The van der Waals surface area contributed by atoms with E-state index in [9.17, 15) is 14.4 Å². The molecule has 2 aliphatic rings. The molecule has 2 heterocycles. The molecule has 2 amide bonds. The fourth-order valence-electron chi connectivity index (χ4n) is 4.72. The van der Waals surface area contributed by atoms with Crippen molar-refractivity contribution < 1.29 is 23.6 Å². The van der Waals surface area contributed by atoms with E-state index in [0.717, 1.165) is 28.6 Å². The van der Waals surface area contributed by atoms with Gasteiger partial charge in [-0.25, -0.2) is 26.6 Å². The van der Waals surface area contributed by atoms with Gasteiger partial charge in [0.1, 0.15) is 5.52 Å². The predicted molar refractivity (Wildman–Crippen MR) is 157 cm³/mol. The minimum Gasteiger partial charge on any atom is -0.352 e. The van der Waals surface area contributed by atoms with Gasteiger partial charge in [-0.05, 0) is 74.1 Å². The monoisotopic (exact) mass is 621 g/mol. The molecule has 2 fully saturated rings. The molecule has 2 aromatic carbocycles. The van der Waals surface area contributed by atoms with Gasteiger partial charge in [0.25, 0.3) is 11.8 Å². The fourth-order valence-corrected chi connectivity index (χ4v) is 6.49. The van der Waals surface area contributed by atoms with Crippen LogP contribution >= 0.6 is 27.7 Å². The van der Waals surface area contributed by atoms with E-state index in [1.54, 1.807) is 17.3 Å². The summed E-state index contributed by atoms with van der Waals surface area (Å²) in [5.41, 5.74) is 4.81. The molecule has 12 heteroatoms. The number of hydrogen-bond acceptors (Lipinski definition) is 6. The minimum absolute atomic E-state index is 0.0301. The number of unbranched alkanes of at least 4 members (excludes halogenated alkanes) is 1. The minimum atomic E-state index is -0.908. The number of nitrogens with zero attached hydrogens (tertiary/aromatic N) is 3. The first-order chi connectivity index (χ1) is 18.8. The van der Waals surface area contributed by atoms with E-state index in [-0.39, 0.29) is 27.8 Å². The van der Waals surface area contributed by atoms with Gasteiger partial charge in [-0.15, -0.1) is 0 Å². The molecule has 1 saturated heterocycles. The van der Waals surface area contributed by atoms with Crippen molar-refractivity contribution in [3.8, 4) is 0 Å². The van der Waals surface area contributed by atoms with Gasteiger partial charge < -0.3 is 14.8 Å². The molecule has 1 aliphatic carbocycles. The number of rotatable bonds is 11. The van der Waals surface area contributed by atoms with Gasteiger partial charge in [-0.3, -0.25) is 19.2 Å². The highest BCUT2D eigenvalue weighted by atomic mass is 79.9. The van der Waals surface area contributed by atoms with Crippen molar-refractivity contribution in [3.05, 3.63) is 52.0 Å². The van der Waals surface area contributed by atoms with Crippen LogP contribution in [0.3, 0.4) is 0 Å². The molecular formula is C27H33BrFN5O4S. The Bertz CT molecular complexity index is 1430. The fraction of sp³-hybridized carbons (Fsp3) is 0.407. The lowest BCUT2D eigenvalue weighted by atomic mass is 10.1. The van der Waals surface area contributed by atoms with Crippen LogP contribution in [0, 0.1) is 18.7 Å². The van der Waals surface area contributed by atoms with Crippen molar-refractivity contribution in [2.24, 2.45) is 5.92 Å². The molecule has 210 valence electrons. The van der Waals surface area contributed by atoms with Crippen LogP contribution in [-0.2, 0) is 21.0 Å². The van der Waals surface area contributed by atoms with Gasteiger partial charge in [0.05, 0.1) is 29.7 Å². The summed E-state index contributed by atoms with van der Waals surface area (Å²) in [6.45, 7) is 4.03. The van der Waals surface area contributed by atoms with E-state index in [1.807, 2.05) is 29.7 Å². The van der Waals surface area contributed by atoms with Crippen molar-refractivity contribution in [1.82, 2.24) is 19.9 Å². The third-order valence-electron chi connectivity index (χ3n) is 7.16. The van der Waals surface area contributed by atoms with Gasteiger partial charge in [-0.1, -0.05) is 15.9 Å². The van der Waals surface area contributed by atoms with Crippen LogP contribution in [0.2, 0.25) is 0 Å². The zero-order valence-electron chi connectivity index (χ0n) is 21.8. The Kier molecular flexibility index (Phi) is 8.53. The van der Waals surface area contributed by atoms with E-state index in [4.69, 9.17) is 4.84 Å². The standard InChI is InChI=1S/C27H33BrFN5O4S/c1-16-12-18(28)6-7-20(16)31-23-19(25(35)32-38-14-17-4-5-17)13-21-24(22(23)29)30-15-34(21)9-3-2-8-33-10-11-39-27(37)26(33)36/h6-7,12-13,15,17,31H,2-5,8-11,14H2,1H3,39H4,(H,32,35). The number of hydrogen-bond donors (Lipinski definition) is 2. The molecule has 0 unspecified atom stereocenters. The maximum Gasteiger partial charge on any atom is 0.297 e. The van der Waals surface area contributed by atoms with Crippen molar-refractivity contribution in [2.75, 3.05) is 30.8 Å². The molecule has 0 atom stereocenters. The number of aryl methyl sites for hydroxylation is 2. The lowest BCUT2D eigenvalue weighted by molar-refractivity contribution is -0.140. The summed E-state index contributed by atoms with van der Waals surface area (Å²) in [5, 5.41) is 2.91. The zero-order valence-corrected chi connectivity index (χ0v) is 24.8. The third-order valence-corrected chi connectivity index (χ3v) is 9.08. The molecule has 9 nitrogen and oxygen atoms in total. The van der Waals surface area contributed by atoms with E-state index in [0.29, 0.717) is 56.2 Å². The zero-order chi connectivity index (χ0) is 27.5. The maximum absolute atomic E-state index is 15.9. The molecular weight excluding hydrogens is 589 g/mol. The molecule has 0 radical (unpaired) electrons. The summed E-state index contributed by atoms with van der Waals surface area (Å²) < 4.78 is 18.6. The predicted octanol–water partition coefficient (Wildman–Crippen LogP) is 3.87. The highest BCUT2D eigenvalue weighted by Crippen LogP contribution is 2.33. The first-order valence-electron chi connectivity index (χ1n) is 13.3. The lowest BCUT2D eigenvalue weighted by Crippen LogP contribution is -2.41. The van der Waals surface area contributed by atoms with Gasteiger partial charge >= 0.3 is 0 Å². The number of carbonyl (C=O) groups excluding carboxylic acids is 3. The average Bonchev–Trinajstić information content (AvgIpc) is 3.64. The van der Waals surface area contributed by atoms with Crippen LogP contribution < -0.4 is 10.8 Å². The van der Waals surface area contributed by atoms with Crippen LogP contribution in [0.25, 0.3) is 11.0 Å². The summed E-state index contributed by atoms with van der Waals surface area (Å²) in [6.07, 6.45) is 5.12. The Morgan fingerprint density at radius 1 is 1.23 bits per heavy atom. The molecule has 2 N–H and O–H groups in total. The molecule has 5 rings (SSSR count). The second-order valence-corrected chi connectivity index (χ2v) is 13.0. The van der Waals surface area contributed by atoms with Gasteiger partial charge in [0.2, 0.25) is 5.12 Å². The Hall–Kier alpha value is -2.96. The van der Waals surface area contributed by atoms with Gasteiger partial charge in [0, 0.05) is 29.8 Å². The maximum atomic E-state index is 15.9. The number of halogens is 2. The number of amides is 2. The van der Waals surface area contributed by atoms with Gasteiger partial charge in [0.15, 0.2) is 5.82 Å². The van der Waals surface area contributed by atoms with Crippen LogP contribution in [0.5, 0.6) is 0 Å². The SMILES string of the molecule is Cc1cc(Br)ccc1Nc1c(C(=O)NOCC2CC2)cc2c(ncn2CCCCN2CC[SH4]C(=O)C2=O)c1F. The number of benzene rings is 2. The summed E-state index contributed by atoms with van der Waals surface area (Å²) in [6, 6.07) is 7.19. The molecule has 3 aromatic rings. The molecule has 39 heavy (non-hydrogen) atoms. The number of nitrogens with one attached hydrogen (secondary N) is 2. The van der Waals surface area contributed by atoms with Crippen molar-refractivity contribution in [3.63, 3.8) is 0 Å². The molecule has 1 aliphatic heterocycles. The van der Waals surface area contributed by atoms with Crippen molar-refractivity contribution >= 4 is 67.0 Å². The number of aromatic nitrogens is 2. The first-order valence-corrected chi connectivity index (χ1v) is 15.8. The highest BCUT2D eigenvalue weighted by molar-refractivity contribution is 9.10. The largest absolute Gasteiger partial charge is 0.352 e. The number of anilines is 2. The van der Waals surface area contributed by atoms with Crippen molar-refractivity contribution in [1.29, 1.82) is 0 Å². The van der Waals surface area contributed by atoms with Crippen LogP contribution in [0.15, 0.2) is 35.1 Å². The number of imidazole rings is 1. The summed E-state index contributed by atoms with van der Waals surface area (Å²) in [5.74, 6) is -0.222. The lowest BCUT2D eigenvalue weighted by Gasteiger charge is -2.26. The van der Waals surface area contributed by atoms with Crippen LogP contribution in [0.4, 0.5) is 15.8 Å². The Morgan fingerprint density at radius 3 is 2.79 bits per heavy atom. The Balaban J connectivity index is 1.36. The molecule has 0 bridgehead atoms. The van der Waals surface area contributed by atoms with E-state index in [1.165, 1.54) is 0 Å². The number of carbonyl (C=O) groups is 3. The third kappa shape index (κ3) is 6.44. The van der Waals surface area contributed by atoms with E-state index < -0.39 is 23.5 Å². The Morgan fingerprint density at radius 2 is 2.03 bits per heavy atom. The summed E-state index contributed by atoms with van der Waals surface area (Å²) in [4.78, 5) is 48.3. The second kappa shape index (κ2) is 12.1. The van der Waals surface area contributed by atoms with Crippen LogP contribution in [0.1, 0.15) is 41.6 Å². The van der Waals surface area contributed by atoms with E-state index >= 15 is 4.39 Å².